The molecular formula is C26H29F2N5O2. The molecule has 0 saturated carbocycles. The van der Waals surface area contributed by atoms with E-state index in [0.717, 1.165) is 23.4 Å². The van der Waals surface area contributed by atoms with Crippen LogP contribution in [0.4, 0.5) is 20.3 Å². The molecule has 1 amide bonds. The summed E-state index contributed by atoms with van der Waals surface area (Å²) in [7, 11) is 0. The molecule has 1 atom stereocenters. The lowest BCUT2D eigenvalue weighted by molar-refractivity contribution is 0.0656. The van der Waals surface area contributed by atoms with Crippen molar-refractivity contribution >= 4 is 17.4 Å². The summed E-state index contributed by atoms with van der Waals surface area (Å²) < 4.78 is 30.0. The van der Waals surface area contributed by atoms with Gasteiger partial charge in [-0.15, -0.1) is 0 Å². The quantitative estimate of drug-likeness (QED) is 0.488. The molecule has 35 heavy (non-hydrogen) atoms. The molecule has 7 nitrogen and oxygen atoms in total. The molecule has 0 bridgehead atoms. The lowest BCUT2D eigenvalue weighted by Gasteiger charge is -2.34. The molecule has 1 fully saturated rings. The Balaban J connectivity index is 1.91. The van der Waals surface area contributed by atoms with Gasteiger partial charge in [-0.05, 0) is 49.6 Å². The van der Waals surface area contributed by atoms with Gasteiger partial charge in [0.15, 0.2) is 5.82 Å². The van der Waals surface area contributed by atoms with E-state index in [0.29, 0.717) is 25.3 Å². The van der Waals surface area contributed by atoms with Crippen LogP contribution in [0.1, 0.15) is 48.3 Å². The summed E-state index contributed by atoms with van der Waals surface area (Å²) in [6.07, 6.45) is 1.70. The number of pyridine rings is 2. The third kappa shape index (κ3) is 4.81. The number of aryl methyl sites for hydroxylation is 1. The van der Waals surface area contributed by atoms with Gasteiger partial charge in [0.2, 0.25) is 0 Å². The molecule has 1 aliphatic rings. The van der Waals surface area contributed by atoms with Gasteiger partial charge in [-0.3, -0.25) is 9.78 Å². The number of carbonyl (C=O) groups is 1. The van der Waals surface area contributed by atoms with E-state index in [1.54, 1.807) is 11.1 Å². The highest BCUT2D eigenvalue weighted by molar-refractivity contribution is 6.00. The van der Waals surface area contributed by atoms with Crippen molar-refractivity contribution < 1.29 is 18.7 Å². The van der Waals surface area contributed by atoms with Crippen molar-refractivity contribution in [3.8, 4) is 17.0 Å². The van der Waals surface area contributed by atoms with Gasteiger partial charge < -0.3 is 20.6 Å². The van der Waals surface area contributed by atoms with Crippen LogP contribution in [0, 0.1) is 18.6 Å². The van der Waals surface area contributed by atoms with Gasteiger partial charge in [0, 0.05) is 31.9 Å². The first-order valence-electron chi connectivity index (χ1n) is 11.6. The maximum atomic E-state index is 15.4. The Morgan fingerprint density at radius 1 is 1.26 bits per heavy atom. The average Bonchev–Trinajstić information content (AvgIpc) is 2.81. The number of phenolic OH excluding ortho intramolecular Hbond substituents is 1. The molecule has 9 heteroatoms. The van der Waals surface area contributed by atoms with Crippen LogP contribution < -0.4 is 10.6 Å². The maximum Gasteiger partial charge on any atom is 0.258 e. The van der Waals surface area contributed by atoms with Crippen LogP contribution in [0.2, 0.25) is 0 Å². The maximum absolute atomic E-state index is 15.4. The van der Waals surface area contributed by atoms with Crippen LogP contribution >= 0.6 is 0 Å². The summed E-state index contributed by atoms with van der Waals surface area (Å²) in [5, 5.41) is 16.7. The summed E-state index contributed by atoms with van der Waals surface area (Å²) in [5.41, 5.74) is 1.52. The molecule has 0 radical (unpaired) electrons. The fourth-order valence-electron chi connectivity index (χ4n) is 4.27. The highest BCUT2D eigenvalue weighted by Gasteiger charge is 2.29. The Kier molecular flexibility index (Phi) is 6.98. The molecular weight excluding hydrogens is 452 g/mol. The second kappa shape index (κ2) is 9.95. The summed E-state index contributed by atoms with van der Waals surface area (Å²) in [5.74, 6) is -2.44. The van der Waals surface area contributed by atoms with E-state index >= 15 is 4.39 Å². The Morgan fingerprint density at radius 3 is 2.71 bits per heavy atom. The normalized spacial score (nSPS) is 16.0. The van der Waals surface area contributed by atoms with E-state index in [4.69, 9.17) is 0 Å². The number of aromatic nitrogens is 2. The van der Waals surface area contributed by atoms with Gasteiger partial charge in [-0.2, -0.15) is 0 Å². The number of hydrogen-bond acceptors (Lipinski definition) is 6. The molecule has 1 aliphatic heterocycles. The molecule has 1 aromatic carbocycles. The molecule has 3 N–H and O–H groups in total. The number of anilines is 2. The number of piperazine rings is 1. The van der Waals surface area contributed by atoms with Crippen molar-refractivity contribution in [2.75, 3.05) is 25.0 Å². The lowest BCUT2D eigenvalue weighted by atomic mass is 10.0. The van der Waals surface area contributed by atoms with Crippen molar-refractivity contribution in [2.45, 2.75) is 39.7 Å². The summed E-state index contributed by atoms with van der Waals surface area (Å²) in [6.45, 7) is 9.47. The van der Waals surface area contributed by atoms with Crippen LogP contribution in [-0.2, 0) is 0 Å². The summed E-state index contributed by atoms with van der Waals surface area (Å²) >= 11 is 0. The smallest absolute Gasteiger partial charge is 0.258 e. The van der Waals surface area contributed by atoms with Gasteiger partial charge in [-0.25, -0.2) is 13.8 Å². The Hall–Kier alpha value is -3.59. The number of amides is 1. The molecule has 184 valence electrons. The van der Waals surface area contributed by atoms with Crippen molar-refractivity contribution in [2.24, 2.45) is 0 Å². The van der Waals surface area contributed by atoms with Crippen LogP contribution in [-0.4, -0.2) is 51.6 Å². The SMILES string of the molecule is Cc1ccnc(C(C)C)c1Nc1nc(-c2c(O)cccc2F)c(F)cc1C(=O)N1CCNCC1C. The van der Waals surface area contributed by atoms with E-state index < -0.39 is 17.4 Å². The minimum absolute atomic E-state index is 0.0220. The molecule has 3 heterocycles. The first-order valence-corrected chi connectivity index (χ1v) is 11.6. The largest absolute Gasteiger partial charge is 0.507 e. The first kappa shape index (κ1) is 24.5. The zero-order valence-electron chi connectivity index (χ0n) is 20.2. The molecule has 4 rings (SSSR count). The van der Waals surface area contributed by atoms with Crippen molar-refractivity contribution in [3.63, 3.8) is 0 Å². The van der Waals surface area contributed by atoms with Gasteiger partial charge in [0.05, 0.1) is 22.5 Å². The number of carbonyl (C=O) groups excluding carboxylic acids is 1. The van der Waals surface area contributed by atoms with Crippen LogP contribution in [0.25, 0.3) is 11.3 Å². The molecule has 0 aliphatic carbocycles. The fraction of sp³-hybridized carbons (Fsp3) is 0.346. The number of nitrogens with one attached hydrogen (secondary N) is 2. The number of rotatable bonds is 5. The van der Waals surface area contributed by atoms with Gasteiger partial charge >= 0.3 is 0 Å². The number of phenols is 1. The van der Waals surface area contributed by atoms with Crippen LogP contribution in [0.5, 0.6) is 5.75 Å². The van der Waals surface area contributed by atoms with E-state index in [2.05, 4.69) is 20.6 Å². The molecule has 1 unspecified atom stereocenters. The third-order valence-corrected chi connectivity index (χ3v) is 6.18. The van der Waals surface area contributed by atoms with Crippen LogP contribution in [0.15, 0.2) is 36.5 Å². The highest BCUT2D eigenvalue weighted by Crippen LogP contribution is 2.36. The number of nitrogens with zero attached hydrogens (tertiary/aromatic N) is 3. The standard InChI is InChI=1S/C26H29F2N5O2/c1-14(2)22-23(15(3)8-9-30-22)31-25-17(26(35)33-11-10-29-13-16(33)4)12-19(28)24(32-25)21-18(27)6-5-7-20(21)34/h5-9,12,14,16,29,34H,10-11,13H2,1-4H3,(H,31,32). The van der Waals surface area contributed by atoms with Gasteiger partial charge in [0.25, 0.3) is 5.91 Å². The van der Waals surface area contributed by atoms with Crippen molar-refractivity contribution in [3.05, 3.63) is 65.0 Å². The summed E-state index contributed by atoms with van der Waals surface area (Å²) in [4.78, 5) is 24.1. The number of halogens is 2. The monoisotopic (exact) mass is 481 g/mol. The number of benzene rings is 1. The predicted octanol–water partition coefficient (Wildman–Crippen LogP) is 4.74. The number of aromatic hydroxyl groups is 1. The minimum Gasteiger partial charge on any atom is -0.507 e. The molecule has 0 spiro atoms. The minimum atomic E-state index is -0.908. The van der Waals surface area contributed by atoms with Gasteiger partial charge in [0.1, 0.15) is 23.1 Å². The third-order valence-electron chi connectivity index (χ3n) is 6.18. The molecule has 3 aromatic rings. The van der Waals surface area contributed by atoms with Crippen molar-refractivity contribution in [1.82, 2.24) is 20.2 Å². The fourth-order valence-corrected chi connectivity index (χ4v) is 4.27. The zero-order chi connectivity index (χ0) is 25.3. The van der Waals surface area contributed by atoms with E-state index in [1.807, 2.05) is 33.8 Å². The van der Waals surface area contributed by atoms with E-state index in [-0.39, 0.29) is 40.5 Å². The zero-order valence-corrected chi connectivity index (χ0v) is 20.2. The van der Waals surface area contributed by atoms with E-state index in [1.165, 1.54) is 12.1 Å². The Bertz CT molecular complexity index is 1240. The average molecular weight is 482 g/mol. The topological polar surface area (TPSA) is 90.4 Å². The van der Waals surface area contributed by atoms with Gasteiger partial charge in [-0.1, -0.05) is 19.9 Å². The summed E-state index contributed by atoms with van der Waals surface area (Å²) in [6, 6.07) is 6.48. The van der Waals surface area contributed by atoms with Crippen molar-refractivity contribution in [1.29, 1.82) is 0 Å². The number of hydrogen-bond donors (Lipinski definition) is 3. The highest BCUT2D eigenvalue weighted by atomic mass is 19.1. The first-order chi connectivity index (χ1) is 16.7. The van der Waals surface area contributed by atoms with E-state index in [9.17, 15) is 14.3 Å². The molecule has 2 aromatic heterocycles. The molecule has 1 saturated heterocycles. The predicted molar refractivity (Wildman–Crippen MR) is 131 cm³/mol. The van der Waals surface area contributed by atoms with Crippen LogP contribution in [0.3, 0.4) is 0 Å². The lowest BCUT2D eigenvalue weighted by Crippen LogP contribution is -2.52. The Labute approximate surface area is 203 Å². The Morgan fingerprint density at radius 2 is 2.03 bits per heavy atom. The second-order valence-corrected chi connectivity index (χ2v) is 9.07. The second-order valence-electron chi connectivity index (χ2n) is 9.07.